The van der Waals surface area contributed by atoms with Crippen molar-refractivity contribution in [1.29, 1.82) is 5.41 Å². The fourth-order valence-electron chi connectivity index (χ4n) is 3.93. The van der Waals surface area contributed by atoms with Crippen LogP contribution in [0.3, 0.4) is 0 Å². The van der Waals surface area contributed by atoms with Gasteiger partial charge in [0, 0.05) is 48.7 Å². The van der Waals surface area contributed by atoms with Gasteiger partial charge in [-0.1, -0.05) is 12.8 Å². The zero-order valence-electron chi connectivity index (χ0n) is 18.3. The van der Waals surface area contributed by atoms with Gasteiger partial charge in [-0.2, -0.15) is 0 Å². The Kier molecular flexibility index (Phi) is 7.48. The third-order valence-corrected chi connectivity index (χ3v) is 5.98. The van der Waals surface area contributed by atoms with Gasteiger partial charge in [-0.05, 0) is 50.4 Å². The summed E-state index contributed by atoms with van der Waals surface area (Å²) in [5.41, 5.74) is 10.8. The minimum atomic E-state index is 0.356. The summed E-state index contributed by atoms with van der Waals surface area (Å²) in [7, 11) is 0. The maximum Gasteiger partial charge on any atom is 0.0925 e. The van der Waals surface area contributed by atoms with Crippen LogP contribution in [0.1, 0.15) is 44.2 Å². The molecule has 4 N–H and O–H groups in total. The van der Waals surface area contributed by atoms with Crippen molar-refractivity contribution in [3.63, 3.8) is 0 Å². The van der Waals surface area contributed by atoms with Gasteiger partial charge in [0.15, 0.2) is 0 Å². The molecule has 31 heavy (non-hydrogen) atoms. The average Bonchev–Trinajstić information content (AvgIpc) is 3.66. The van der Waals surface area contributed by atoms with Gasteiger partial charge in [-0.3, -0.25) is 4.98 Å². The van der Waals surface area contributed by atoms with Crippen molar-refractivity contribution >= 4 is 28.0 Å². The van der Waals surface area contributed by atoms with Gasteiger partial charge in [0.1, 0.15) is 0 Å². The summed E-state index contributed by atoms with van der Waals surface area (Å²) in [6.07, 6.45) is 10.5. The van der Waals surface area contributed by atoms with Crippen LogP contribution in [0.5, 0.6) is 0 Å². The molecule has 2 aliphatic rings. The molecule has 0 bridgehead atoms. The van der Waals surface area contributed by atoms with E-state index in [1.807, 2.05) is 18.5 Å². The van der Waals surface area contributed by atoms with Crippen molar-refractivity contribution in [2.75, 3.05) is 44.3 Å². The molecule has 1 saturated heterocycles. The summed E-state index contributed by atoms with van der Waals surface area (Å²) in [5.74, 6) is 0.356. The average molecular weight is 423 g/mol. The van der Waals surface area contributed by atoms with Crippen LogP contribution in [0.15, 0.2) is 30.6 Å². The lowest BCUT2D eigenvalue weighted by atomic mass is 10.0. The van der Waals surface area contributed by atoms with Crippen LogP contribution in [0.2, 0.25) is 0 Å². The quantitative estimate of drug-likeness (QED) is 0.379. The minimum absolute atomic E-state index is 0.356. The number of nitrogens with one attached hydrogen (secondary N) is 2. The second-order valence-corrected chi connectivity index (χ2v) is 8.43. The van der Waals surface area contributed by atoms with E-state index in [4.69, 9.17) is 20.9 Å². The molecule has 1 aromatic heterocycles. The molecule has 2 heterocycles. The standard InChI is InChI=1S/C24H34N6O/c25-9-3-1-2-4-10-27-16-20(24(26)18-5-6-18)23-17-28-21-8-7-19(15-22(21)29-23)30-11-13-31-14-12-30/h7-8,15-18,26-27H,1-6,9-14,25H2/b20-16-,26-24?. The highest BCUT2D eigenvalue weighted by atomic mass is 16.5. The number of ether oxygens (including phenoxy) is 1. The molecule has 0 atom stereocenters. The summed E-state index contributed by atoms with van der Waals surface area (Å²) in [6, 6.07) is 6.25. The number of allylic oxidation sites excluding steroid dienone is 1. The Morgan fingerprint density at radius 1 is 1.16 bits per heavy atom. The molecule has 2 fully saturated rings. The van der Waals surface area contributed by atoms with Gasteiger partial charge in [0.2, 0.25) is 0 Å². The molecule has 7 nitrogen and oxygen atoms in total. The van der Waals surface area contributed by atoms with Gasteiger partial charge in [-0.15, -0.1) is 0 Å². The first-order valence-electron chi connectivity index (χ1n) is 11.6. The Morgan fingerprint density at radius 3 is 2.74 bits per heavy atom. The third kappa shape index (κ3) is 5.80. The van der Waals surface area contributed by atoms with E-state index < -0.39 is 0 Å². The number of fused-ring (bicyclic) bond motifs is 1. The van der Waals surface area contributed by atoms with Crippen LogP contribution in [0.25, 0.3) is 16.6 Å². The van der Waals surface area contributed by atoms with Gasteiger partial charge in [0.25, 0.3) is 0 Å². The number of rotatable bonds is 11. The van der Waals surface area contributed by atoms with Crippen LogP contribution in [-0.4, -0.2) is 55.1 Å². The van der Waals surface area contributed by atoms with E-state index in [1.165, 1.54) is 12.8 Å². The minimum Gasteiger partial charge on any atom is -0.390 e. The van der Waals surface area contributed by atoms with E-state index in [1.54, 1.807) is 0 Å². The van der Waals surface area contributed by atoms with Gasteiger partial charge in [-0.25, -0.2) is 4.98 Å². The van der Waals surface area contributed by atoms with E-state index in [9.17, 15) is 0 Å². The molecule has 7 heteroatoms. The fourth-order valence-corrected chi connectivity index (χ4v) is 3.93. The number of aromatic nitrogens is 2. The number of hydrogen-bond acceptors (Lipinski definition) is 7. The zero-order chi connectivity index (χ0) is 21.5. The Balaban J connectivity index is 1.51. The highest BCUT2D eigenvalue weighted by molar-refractivity contribution is 6.23. The van der Waals surface area contributed by atoms with Crippen molar-refractivity contribution in [3.8, 4) is 0 Å². The second-order valence-electron chi connectivity index (χ2n) is 8.43. The first-order chi connectivity index (χ1) is 15.3. The summed E-state index contributed by atoms with van der Waals surface area (Å²) < 4.78 is 5.47. The molecule has 1 aliphatic heterocycles. The van der Waals surface area contributed by atoms with E-state index in [2.05, 4.69) is 27.3 Å². The maximum atomic E-state index is 8.67. The van der Waals surface area contributed by atoms with Crippen LogP contribution in [-0.2, 0) is 4.74 Å². The fraction of sp³-hybridized carbons (Fsp3) is 0.542. The lowest BCUT2D eigenvalue weighted by Gasteiger charge is -2.28. The Labute approximate surface area is 184 Å². The Morgan fingerprint density at radius 2 is 1.97 bits per heavy atom. The van der Waals surface area contributed by atoms with Crippen LogP contribution in [0.4, 0.5) is 5.69 Å². The molecular weight excluding hydrogens is 388 g/mol. The number of nitrogens with two attached hydrogens (primary N) is 1. The second kappa shape index (κ2) is 10.7. The van der Waals surface area contributed by atoms with Crippen molar-refractivity contribution in [2.24, 2.45) is 11.7 Å². The molecule has 166 valence electrons. The number of unbranched alkanes of at least 4 members (excludes halogenated alkanes) is 3. The molecule has 1 aliphatic carbocycles. The zero-order valence-corrected chi connectivity index (χ0v) is 18.3. The lowest BCUT2D eigenvalue weighted by Crippen LogP contribution is -2.36. The van der Waals surface area contributed by atoms with E-state index >= 15 is 0 Å². The third-order valence-electron chi connectivity index (χ3n) is 5.98. The first kappa shape index (κ1) is 21.7. The van der Waals surface area contributed by atoms with Gasteiger partial charge >= 0.3 is 0 Å². The molecule has 0 spiro atoms. The predicted octanol–water partition coefficient (Wildman–Crippen LogP) is 3.35. The normalized spacial score (nSPS) is 17.2. The lowest BCUT2D eigenvalue weighted by molar-refractivity contribution is 0.122. The van der Waals surface area contributed by atoms with E-state index in [0.717, 1.165) is 93.1 Å². The van der Waals surface area contributed by atoms with E-state index in [0.29, 0.717) is 11.6 Å². The summed E-state index contributed by atoms with van der Waals surface area (Å²) in [6.45, 7) is 4.97. The van der Waals surface area contributed by atoms with Crippen molar-refractivity contribution in [2.45, 2.75) is 38.5 Å². The molecule has 1 saturated carbocycles. The van der Waals surface area contributed by atoms with Gasteiger partial charge < -0.3 is 26.1 Å². The van der Waals surface area contributed by atoms with Crippen LogP contribution >= 0.6 is 0 Å². The van der Waals surface area contributed by atoms with Gasteiger partial charge in [0.05, 0.1) is 36.1 Å². The number of anilines is 1. The van der Waals surface area contributed by atoms with Crippen molar-refractivity contribution in [3.05, 3.63) is 36.3 Å². The number of morpholine rings is 1. The maximum absolute atomic E-state index is 8.67. The summed E-state index contributed by atoms with van der Waals surface area (Å²) in [5, 5.41) is 12.1. The summed E-state index contributed by atoms with van der Waals surface area (Å²) >= 11 is 0. The van der Waals surface area contributed by atoms with Crippen LogP contribution in [0, 0.1) is 11.3 Å². The van der Waals surface area contributed by atoms with E-state index in [-0.39, 0.29) is 0 Å². The smallest absolute Gasteiger partial charge is 0.0925 e. The molecule has 4 rings (SSSR count). The largest absolute Gasteiger partial charge is 0.390 e. The number of hydrogen-bond donors (Lipinski definition) is 3. The Hall–Kier alpha value is -2.51. The van der Waals surface area contributed by atoms with Crippen molar-refractivity contribution in [1.82, 2.24) is 15.3 Å². The van der Waals surface area contributed by atoms with Crippen LogP contribution < -0.4 is 16.0 Å². The highest BCUT2D eigenvalue weighted by Gasteiger charge is 2.29. The molecule has 2 aromatic rings. The number of benzene rings is 1. The summed E-state index contributed by atoms with van der Waals surface area (Å²) in [4.78, 5) is 11.9. The first-order valence-corrected chi connectivity index (χ1v) is 11.6. The highest BCUT2D eigenvalue weighted by Crippen LogP contribution is 2.35. The predicted molar refractivity (Wildman–Crippen MR) is 127 cm³/mol. The molecule has 0 radical (unpaired) electrons. The molecule has 1 aromatic carbocycles. The SMILES string of the molecule is N=C(/C(=C\NCCCCCCN)c1cnc2ccc(N3CCOCC3)cc2n1)C1CC1. The number of nitrogens with zero attached hydrogens (tertiary/aromatic N) is 3. The molecule has 0 amide bonds. The molecule has 0 unspecified atom stereocenters. The van der Waals surface area contributed by atoms with Crippen molar-refractivity contribution < 1.29 is 4.74 Å². The topological polar surface area (TPSA) is 100 Å². The Bertz CT molecular complexity index is 917. The monoisotopic (exact) mass is 422 g/mol. The molecular formula is C24H34N6O.